The molecule has 0 radical (unpaired) electrons. The smallest absolute Gasteiger partial charge is 0.283 e. The molecule has 29 heavy (non-hydrogen) atoms. The average molecular weight is 413 g/mol. The lowest BCUT2D eigenvalue weighted by Gasteiger charge is -2.25. The first kappa shape index (κ1) is 18.9. The molecule has 2 N–H and O–H groups in total. The maximum absolute atomic E-state index is 13.1. The van der Waals surface area contributed by atoms with E-state index in [0.717, 1.165) is 11.3 Å². The molecule has 0 fully saturated rings. The highest BCUT2D eigenvalue weighted by Gasteiger charge is 2.28. The van der Waals surface area contributed by atoms with Crippen molar-refractivity contribution < 1.29 is 23.5 Å². The molecule has 4 rings (SSSR count). The molecule has 1 unspecified atom stereocenters. The fourth-order valence-electron chi connectivity index (χ4n) is 2.73. The summed E-state index contributed by atoms with van der Waals surface area (Å²) >= 11 is 1.15. The number of rotatable bonds is 3. The Bertz CT molecular complexity index is 1070. The van der Waals surface area contributed by atoms with Crippen molar-refractivity contribution in [2.75, 3.05) is 6.61 Å². The molecule has 3 aromatic rings. The summed E-state index contributed by atoms with van der Waals surface area (Å²) in [5.74, 6) is -0.353. The summed E-state index contributed by atoms with van der Waals surface area (Å²) in [6.45, 7) is 1.72. The molecule has 0 aliphatic carbocycles. The average Bonchev–Trinajstić information content (AvgIpc) is 3.13. The summed E-state index contributed by atoms with van der Waals surface area (Å²) in [5.41, 5.74) is 5.93. The van der Waals surface area contributed by atoms with Crippen molar-refractivity contribution >= 4 is 23.2 Å². The van der Waals surface area contributed by atoms with Crippen molar-refractivity contribution in [1.82, 2.24) is 15.8 Å². The summed E-state index contributed by atoms with van der Waals surface area (Å²) in [6.07, 6.45) is -0.887. The van der Waals surface area contributed by atoms with Gasteiger partial charge in [0.25, 0.3) is 11.8 Å². The van der Waals surface area contributed by atoms with E-state index in [1.54, 1.807) is 43.3 Å². The van der Waals surface area contributed by atoms with E-state index >= 15 is 0 Å². The second kappa shape index (κ2) is 7.88. The van der Waals surface area contributed by atoms with Gasteiger partial charge in [-0.2, -0.15) is 0 Å². The fourth-order valence-corrected chi connectivity index (χ4v) is 3.69. The Balaban J connectivity index is 1.39. The molecule has 0 spiro atoms. The van der Waals surface area contributed by atoms with Crippen molar-refractivity contribution in [3.8, 4) is 22.1 Å². The number of halogens is 1. The van der Waals surface area contributed by atoms with E-state index in [1.165, 1.54) is 12.1 Å². The quantitative estimate of drug-likeness (QED) is 0.645. The molecule has 2 heterocycles. The Hall–Kier alpha value is -3.46. The normalized spacial score (nSPS) is 14.9. The van der Waals surface area contributed by atoms with E-state index in [2.05, 4.69) is 15.8 Å². The molecule has 2 amide bonds. The second-order valence-electron chi connectivity index (χ2n) is 6.25. The van der Waals surface area contributed by atoms with Gasteiger partial charge in [0.15, 0.2) is 11.5 Å². The number of carbonyl (C=O) groups excluding carboxylic acids is 2. The van der Waals surface area contributed by atoms with Crippen molar-refractivity contribution in [1.29, 1.82) is 0 Å². The highest BCUT2D eigenvalue weighted by molar-refractivity contribution is 7.17. The molecule has 7 nitrogen and oxygen atoms in total. The monoisotopic (exact) mass is 413 g/mol. The zero-order chi connectivity index (χ0) is 20.4. The van der Waals surface area contributed by atoms with Gasteiger partial charge in [-0.25, -0.2) is 9.37 Å². The summed E-state index contributed by atoms with van der Waals surface area (Å²) in [5, 5.41) is 0.583. The summed E-state index contributed by atoms with van der Waals surface area (Å²) in [7, 11) is 0. The van der Waals surface area contributed by atoms with Crippen LogP contribution in [0.25, 0.3) is 10.6 Å². The van der Waals surface area contributed by atoms with Crippen LogP contribution in [0.4, 0.5) is 4.39 Å². The number of fused-ring (bicyclic) bond motifs is 1. The Morgan fingerprint density at radius 1 is 1.10 bits per heavy atom. The van der Waals surface area contributed by atoms with Crippen LogP contribution in [0.5, 0.6) is 11.5 Å². The molecular formula is C20H16FN3O4S. The third kappa shape index (κ3) is 4.04. The highest BCUT2D eigenvalue weighted by Crippen LogP contribution is 2.31. The molecular weight excluding hydrogens is 397 g/mol. The number of carbonyl (C=O) groups is 2. The van der Waals surface area contributed by atoms with Gasteiger partial charge in [0.1, 0.15) is 22.3 Å². The van der Waals surface area contributed by atoms with E-state index in [1.807, 2.05) is 0 Å². The minimum atomic E-state index is -0.887. The lowest BCUT2D eigenvalue weighted by atomic mass is 10.2. The van der Waals surface area contributed by atoms with Gasteiger partial charge >= 0.3 is 0 Å². The molecule has 0 bridgehead atoms. The number of hydrogen-bond acceptors (Lipinski definition) is 6. The van der Waals surface area contributed by atoms with E-state index in [4.69, 9.17) is 9.47 Å². The van der Waals surface area contributed by atoms with Crippen LogP contribution in [-0.2, 0) is 4.79 Å². The van der Waals surface area contributed by atoms with Gasteiger partial charge in [0, 0.05) is 5.56 Å². The summed E-state index contributed by atoms with van der Waals surface area (Å²) in [4.78, 5) is 29.5. The van der Waals surface area contributed by atoms with Gasteiger partial charge in [-0.15, -0.1) is 11.3 Å². The van der Waals surface area contributed by atoms with Gasteiger partial charge in [0.05, 0.1) is 5.69 Å². The Morgan fingerprint density at radius 2 is 1.83 bits per heavy atom. The van der Waals surface area contributed by atoms with Crippen LogP contribution in [0.1, 0.15) is 15.4 Å². The van der Waals surface area contributed by atoms with Gasteiger partial charge in [-0.05, 0) is 43.3 Å². The molecule has 2 aromatic carbocycles. The number of aryl methyl sites for hydroxylation is 1. The highest BCUT2D eigenvalue weighted by atomic mass is 32.1. The minimum absolute atomic E-state index is 0.0347. The second-order valence-corrected chi connectivity index (χ2v) is 7.25. The Kier molecular flexibility index (Phi) is 5.13. The predicted octanol–water partition coefficient (Wildman–Crippen LogP) is 2.86. The molecule has 9 heteroatoms. The lowest BCUT2D eigenvalue weighted by Crippen LogP contribution is -2.50. The van der Waals surface area contributed by atoms with Crippen LogP contribution in [0.2, 0.25) is 0 Å². The van der Waals surface area contributed by atoms with Crippen molar-refractivity contribution in [3.63, 3.8) is 0 Å². The van der Waals surface area contributed by atoms with Gasteiger partial charge in [-0.3, -0.25) is 20.4 Å². The Morgan fingerprint density at radius 3 is 2.59 bits per heavy atom. The number of thiazole rings is 1. The topological polar surface area (TPSA) is 89.6 Å². The Labute approximate surface area is 169 Å². The minimum Gasteiger partial charge on any atom is -0.485 e. The van der Waals surface area contributed by atoms with Crippen LogP contribution in [0.15, 0.2) is 48.5 Å². The molecule has 0 saturated heterocycles. The number of aromatic nitrogens is 1. The predicted molar refractivity (Wildman–Crippen MR) is 104 cm³/mol. The summed E-state index contributed by atoms with van der Waals surface area (Å²) < 4.78 is 24.2. The molecule has 0 saturated carbocycles. The first-order valence-corrected chi connectivity index (χ1v) is 9.55. The van der Waals surface area contributed by atoms with Crippen LogP contribution >= 0.6 is 11.3 Å². The first-order valence-electron chi connectivity index (χ1n) is 8.73. The van der Waals surface area contributed by atoms with Crippen LogP contribution in [0, 0.1) is 12.7 Å². The maximum Gasteiger partial charge on any atom is 0.283 e. The fraction of sp³-hybridized carbons (Fsp3) is 0.150. The summed E-state index contributed by atoms with van der Waals surface area (Å²) in [6, 6.07) is 12.9. The number of nitrogens with one attached hydrogen (secondary N) is 2. The molecule has 1 aliphatic heterocycles. The van der Waals surface area contributed by atoms with E-state index < -0.39 is 17.9 Å². The van der Waals surface area contributed by atoms with Gasteiger partial charge in [-0.1, -0.05) is 12.1 Å². The van der Waals surface area contributed by atoms with E-state index in [-0.39, 0.29) is 12.4 Å². The first-order chi connectivity index (χ1) is 14.0. The van der Waals surface area contributed by atoms with Gasteiger partial charge in [0.2, 0.25) is 6.10 Å². The molecule has 1 aliphatic rings. The molecule has 148 valence electrons. The van der Waals surface area contributed by atoms with Crippen LogP contribution in [-0.4, -0.2) is 29.5 Å². The zero-order valence-corrected chi connectivity index (χ0v) is 16.1. The number of para-hydroxylation sites is 2. The number of benzene rings is 2. The maximum atomic E-state index is 13.1. The van der Waals surface area contributed by atoms with Crippen LogP contribution in [0.3, 0.4) is 0 Å². The van der Waals surface area contributed by atoms with Crippen molar-refractivity contribution in [2.24, 2.45) is 0 Å². The van der Waals surface area contributed by atoms with E-state index in [0.29, 0.717) is 32.6 Å². The number of hydrogen-bond donors (Lipinski definition) is 2. The molecule has 1 aromatic heterocycles. The van der Waals surface area contributed by atoms with Gasteiger partial charge < -0.3 is 9.47 Å². The number of amides is 2. The SMILES string of the molecule is Cc1nc(-c2ccc(F)cc2)sc1C(=O)NNC(=O)C1COc2ccccc2O1. The largest absolute Gasteiger partial charge is 0.485 e. The lowest BCUT2D eigenvalue weighted by molar-refractivity contribution is -0.131. The van der Waals surface area contributed by atoms with Crippen LogP contribution < -0.4 is 20.3 Å². The zero-order valence-electron chi connectivity index (χ0n) is 15.3. The van der Waals surface area contributed by atoms with E-state index in [9.17, 15) is 14.0 Å². The number of ether oxygens (including phenoxy) is 2. The van der Waals surface area contributed by atoms with Crippen molar-refractivity contribution in [2.45, 2.75) is 13.0 Å². The number of nitrogens with zero attached hydrogens (tertiary/aromatic N) is 1. The number of hydrazine groups is 1. The molecule has 1 atom stereocenters. The third-order valence-electron chi connectivity index (χ3n) is 4.19. The van der Waals surface area contributed by atoms with Crippen molar-refractivity contribution in [3.05, 3.63) is 64.9 Å². The standard InChI is InChI=1S/C20H16FN3O4S/c1-11-17(29-20(22-11)12-6-8-13(21)9-7-12)19(26)24-23-18(25)16-10-27-14-4-2-3-5-15(14)28-16/h2-9,16H,10H2,1H3,(H,23,25)(H,24,26). The third-order valence-corrected chi connectivity index (χ3v) is 5.40.